The summed E-state index contributed by atoms with van der Waals surface area (Å²) >= 11 is 0. The summed E-state index contributed by atoms with van der Waals surface area (Å²) in [5.74, 6) is -0.999. The number of unbranched alkanes of at least 4 members (excludes halogenated alkanes) is 4. The molecular weight excluding hydrogens is 322 g/mol. The van der Waals surface area contributed by atoms with Gasteiger partial charge >= 0.3 is 5.97 Å². The number of benzene rings is 1. The highest BCUT2D eigenvalue weighted by Crippen LogP contribution is 2.06. The highest BCUT2D eigenvalue weighted by atomic mass is 16.4. The van der Waals surface area contributed by atoms with E-state index in [1.54, 1.807) is 18.3 Å². The predicted octanol–water partition coefficient (Wildman–Crippen LogP) is 1.94. The van der Waals surface area contributed by atoms with E-state index in [1.807, 2.05) is 12.1 Å². The molecule has 0 fully saturated rings. The van der Waals surface area contributed by atoms with Gasteiger partial charge in [0, 0.05) is 18.4 Å². The normalized spacial score (nSPS) is 10.7. The SMILES string of the molecule is O=C(O)CCCCCCCNC(=O)Cn1ncc2ccccc2c1=O. The number of rotatable bonds is 10. The zero-order valence-corrected chi connectivity index (χ0v) is 14.1. The highest BCUT2D eigenvalue weighted by Gasteiger charge is 2.07. The van der Waals surface area contributed by atoms with Crippen LogP contribution in [-0.2, 0) is 16.1 Å². The molecule has 0 aliphatic rings. The molecule has 134 valence electrons. The molecule has 1 amide bonds. The summed E-state index contributed by atoms with van der Waals surface area (Å²) in [6, 6.07) is 7.15. The number of nitrogens with zero attached hydrogens (tertiary/aromatic N) is 2. The number of fused-ring (bicyclic) bond motifs is 1. The van der Waals surface area contributed by atoms with E-state index in [2.05, 4.69) is 10.4 Å². The van der Waals surface area contributed by atoms with Crippen LogP contribution < -0.4 is 10.9 Å². The van der Waals surface area contributed by atoms with E-state index < -0.39 is 5.97 Å². The van der Waals surface area contributed by atoms with Crippen LogP contribution in [0.15, 0.2) is 35.3 Å². The first-order chi connectivity index (χ1) is 12.1. The molecule has 0 radical (unpaired) electrons. The molecule has 1 aromatic carbocycles. The lowest BCUT2D eigenvalue weighted by molar-refractivity contribution is -0.137. The Morgan fingerprint density at radius 3 is 2.60 bits per heavy atom. The van der Waals surface area contributed by atoms with Gasteiger partial charge in [-0.2, -0.15) is 5.10 Å². The van der Waals surface area contributed by atoms with Gasteiger partial charge in [0.2, 0.25) is 5.91 Å². The zero-order valence-electron chi connectivity index (χ0n) is 14.1. The van der Waals surface area contributed by atoms with Gasteiger partial charge in [-0.1, -0.05) is 37.5 Å². The van der Waals surface area contributed by atoms with Gasteiger partial charge in [-0.25, -0.2) is 4.68 Å². The molecule has 7 nitrogen and oxygen atoms in total. The molecule has 2 rings (SSSR count). The average Bonchev–Trinajstić information content (AvgIpc) is 2.59. The van der Waals surface area contributed by atoms with E-state index in [4.69, 9.17) is 5.11 Å². The summed E-state index contributed by atoms with van der Waals surface area (Å²) in [6.45, 7) is 0.447. The van der Waals surface area contributed by atoms with Crippen molar-refractivity contribution in [3.8, 4) is 0 Å². The van der Waals surface area contributed by atoms with Crippen molar-refractivity contribution < 1.29 is 14.7 Å². The quantitative estimate of drug-likeness (QED) is 0.641. The van der Waals surface area contributed by atoms with Gasteiger partial charge in [0.05, 0.1) is 11.6 Å². The highest BCUT2D eigenvalue weighted by molar-refractivity contribution is 5.81. The fraction of sp³-hybridized carbons (Fsp3) is 0.444. The minimum absolute atomic E-state index is 0.0950. The van der Waals surface area contributed by atoms with Crippen LogP contribution in [0, 0.1) is 0 Å². The first-order valence-corrected chi connectivity index (χ1v) is 8.51. The number of hydrogen-bond acceptors (Lipinski definition) is 4. The molecule has 0 unspecified atom stereocenters. The maximum absolute atomic E-state index is 12.3. The molecule has 1 heterocycles. The molecule has 2 aromatic rings. The number of aliphatic carboxylic acids is 1. The fourth-order valence-electron chi connectivity index (χ4n) is 2.59. The van der Waals surface area contributed by atoms with Gasteiger partial charge in [-0.05, 0) is 18.9 Å². The summed E-state index contributed by atoms with van der Waals surface area (Å²) in [6.07, 6.45) is 6.10. The lowest BCUT2D eigenvalue weighted by Crippen LogP contribution is -2.34. The topological polar surface area (TPSA) is 101 Å². The van der Waals surface area contributed by atoms with Crippen LogP contribution >= 0.6 is 0 Å². The Hall–Kier alpha value is -2.70. The average molecular weight is 345 g/mol. The summed E-state index contributed by atoms with van der Waals surface area (Å²) in [7, 11) is 0. The Kier molecular flexibility index (Phi) is 7.13. The van der Waals surface area contributed by atoms with Crippen LogP contribution in [0.5, 0.6) is 0 Å². The second-order valence-electron chi connectivity index (χ2n) is 5.96. The predicted molar refractivity (Wildman–Crippen MR) is 94.4 cm³/mol. The minimum atomic E-state index is -0.759. The molecule has 0 aliphatic heterocycles. The summed E-state index contributed by atoms with van der Waals surface area (Å²) in [5.41, 5.74) is -0.272. The molecule has 7 heteroatoms. The van der Waals surface area contributed by atoms with E-state index in [9.17, 15) is 14.4 Å². The lowest BCUT2D eigenvalue weighted by Gasteiger charge is -2.07. The Bertz CT molecular complexity index is 785. The molecule has 0 bridgehead atoms. The molecule has 0 atom stereocenters. The van der Waals surface area contributed by atoms with Crippen LogP contribution in [0.25, 0.3) is 10.8 Å². The van der Waals surface area contributed by atoms with Crippen LogP contribution in [0.4, 0.5) is 0 Å². The van der Waals surface area contributed by atoms with Crippen LogP contribution in [0.2, 0.25) is 0 Å². The standard InChI is InChI=1S/C18H23N3O4/c22-16(19-11-7-3-1-2-4-10-17(23)24)13-21-18(25)15-9-6-5-8-14(15)12-20-21/h5-6,8-9,12H,1-4,7,10-11,13H2,(H,19,22)(H,23,24). The third-order valence-electron chi connectivity index (χ3n) is 3.94. The first-order valence-electron chi connectivity index (χ1n) is 8.51. The van der Waals surface area contributed by atoms with Crippen molar-refractivity contribution in [2.75, 3.05) is 6.54 Å². The smallest absolute Gasteiger partial charge is 0.303 e. The second-order valence-corrected chi connectivity index (χ2v) is 5.96. The number of nitrogens with one attached hydrogen (secondary N) is 1. The molecule has 0 spiro atoms. The van der Waals surface area contributed by atoms with Crippen molar-refractivity contribution in [3.63, 3.8) is 0 Å². The number of aromatic nitrogens is 2. The Morgan fingerprint density at radius 2 is 1.80 bits per heavy atom. The van der Waals surface area contributed by atoms with Gasteiger partial charge in [-0.3, -0.25) is 14.4 Å². The van der Waals surface area contributed by atoms with Crippen LogP contribution in [-0.4, -0.2) is 33.3 Å². The van der Waals surface area contributed by atoms with Crippen molar-refractivity contribution in [1.82, 2.24) is 15.1 Å². The Labute approximate surface area is 145 Å². The Balaban J connectivity index is 1.70. The largest absolute Gasteiger partial charge is 0.481 e. The van der Waals surface area contributed by atoms with Crippen LogP contribution in [0.3, 0.4) is 0 Å². The third-order valence-corrected chi connectivity index (χ3v) is 3.94. The molecule has 0 aliphatic carbocycles. The lowest BCUT2D eigenvalue weighted by atomic mass is 10.1. The van der Waals surface area contributed by atoms with E-state index >= 15 is 0 Å². The number of carboxylic acid groups (broad SMARTS) is 1. The monoisotopic (exact) mass is 345 g/mol. The summed E-state index contributed by atoms with van der Waals surface area (Å²) in [4.78, 5) is 34.6. The zero-order chi connectivity index (χ0) is 18.1. The van der Waals surface area contributed by atoms with Gasteiger partial charge in [0.15, 0.2) is 0 Å². The van der Waals surface area contributed by atoms with E-state index in [1.165, 1.54) is 4.68 Å². The van der Waals surface area contributed by atoms with Gasteiger partial charge in [0.25, 0.3) is 5.56 Å². The fourth-order valence-corrected chi connectivity index (χ4v) is 2.59. The van der Waals surface area contributed by atoms with E-state index in [0.29, 0.717) is 18.4 Å². The van der Waals surface area contributed by atoms with Gasteiger partial charge in [-0.15, -0.1) is 0 Å². The van der Waals surface area contributed by atoms with Gasteiger partial charge < -0.3 is 10.4 Å². The van der Waals surface area contributed by atoms with Crippen LogP contribution in [0.1, 0.15) is 38.5 Å². The second kappa shape index (κ2) is 9.56. The molecular formula is C18H23N3O4. The molecule has 0 saturated carbocycles. The van der Waals surface area contributed by atoms with Crippen molar-refractivity contribution in [2.45, 2.75) is 45.1 Å². The number of hydrogen-bond donors (Lipinski definition) is 2. The third kappa shape index (κ3) is 6.02. The minimum Gasteiger partial charge on any atom is -0.481 e. The van der Waals surface area contributed by atoms with E-state index in [0.717, 1.165) is 31.1 Å². The Morgan fingerprint density at radius 1 is 1.08 bits per heavy atom. The van der Waals surface area contributed by atoms with E-state index in [-0.39, 0.29) is 24.4 Å². The van der Waals surface area contributed by atoms with Gasteiger partial charge in [0.1, 0.15) is 6.54 Å². The van der Waals surface area contributed by atoms with Crippen molar-refractivity contribution in [1.29, 1.82) is 0 Å². The molecule has 0 saturated heterocycles. The van der Waals surface area contributed by atoms with Crippen molar-refractivity contribution in [3.05, 3.63) is 40.8 Å². The molecule has 2 N–H and O–H groups in total. The number of amides is 1. The number of carbonyl (C=O) groups excluding carboxylic acids is 1. The first kappa shape index (κ1) is 18.6. The number of carboxylic acids is 1. The number of carbonyl (C=O) groups is 2. The van der Waals surface area contributed by atoms with Crippen molar-refractivity contribution in [2.24, 2.45) is 0 Å². The summed E-state index contributed by atoms with van der Waals surface area (Å²) < 4.78 is 1.17. The summed E-state index contributed by atoms with van der Waals surface area (Å²) in [5, 5.41) is 16.7. The maximum atomic E-state index is 12.3. The molecule has 1 aromatic heterocycles. The van der Waals surface area contributed by atoms with Crippen molar-refractivity contribution >= 4 is 22.6 Å². The maximum Gasteiger partial charge on any atom is 0.303 e. The molecule has 25 heavy (non-hydrogen) atoms.